The average molecular weight is 484 g/mol. The first-order chi connectivity index (χ1) is 16.1. The van der Waals surface area contributed by atoms with E-state index in [-0.39, 0.29) is 42.8 Å². The van der Waals surface area contributed by atoms with Crippen molar-refractivity contribution in [3.8, 4) is 11.8 Å². The predicted octanol–water partition coefficient (Wildman–Crippen LogP) is 3.36. The Balaban J connectivity index is 1.35. The SMILES string of the molecule is CN(c1ccc(OC(F)(F)F)c(F)c1)c1ncc(CO[C@@H]2COc3nc([N+](=O)[O-])cn3C2)cn1. The van der Waals surface area contributed by atoms with Crippen molar-refractivity contribution in [2.75, 3.05) is 18.6 Å². The maximum Gasteiger partial charge on any atom is 0.573 e. The molecule has 3 aromatic rings. The van der Waals surface area contributed by atoms with E-state index in [0.717, 1.165) is 12.1 Å². The second-order valence-electron chi connectivity index (χ2n) is 7.15. The van der Waals surface area contributed by atoms with E-state index >= 15 is 0 Å². The number of alkyl halides is 3. The lowest BCUT2D eigenvalue weighted by atomic mass is 10.2. The highest BCUT2D eigenvalue weighted by Gasteiger charge is 2.32. The fraction of sp³-hybridized carbons (Fsp3) is 0.316. The molecule has 1 aliphatic heterocycles. The second kappa shape index (κ2) is 9.09. The number of rotatable bonds is 7. The summed E-state index contributed by atoms with van der Waals surface area (Å²) in [6.07, 6.45) is -1.16. The highest BCUT2D eigenvalue weighted by atomic mass is 19.4. The largest absolute Gasteiger partial charge is 0.573 e. The van der Waals surface area contributed by atoms with E-state index in [4.69, 9.17) is 9.47 Å². The number of nitrogens with zero attached hydrogens (tertiary/aromatic N) is 6. The van der Waals surface area contributed by atoms with E-state index < -0.39 is 22.9 Å². The van der Waals surface area contributed by atoms with Gasteiger partial charge in [0.2, 0.25) is 5.95 Å². The molecule has 0 saturated heterocycles. The van der Waals surface area contributed by atoms with Crippen molar-refractivity contribution < 1.29 is 36.7 Å². The monoisotopic (exact) mass is 484 g/mol. The normalized spacial score (nSPS) is 15.4. The van der Waals surface area contributed by atoms with Crippen molar-refractivity contribution in [2.45, 2.75) is 25.6 Å². The molecule has 0 aliphatic carbocycles. The molecule has 3 heterocycles. The third kappa shape index (κ3) is 5.31. The van der Waals surface area contributed by atoms with E-state index in [1.54, 1.807) is 0 Å². The molecule has 0 bridgehead atoms. The van der Waals surface area contributed by atoms with Crippen molar-refractivity contribution >= 4 is 17.5 Å². The third-order valence-corrected chi connectivity index (χ3v) is 4.72. The molecule has 0 unspecified atom stereocenters. The van der Waals surface area contributed by atoms with Gasteiger partial charge in [0.15, 0.2) is 11.6 Å². The molecule has 0 fully saturated rings. The minimum atomic E-state index is -5.00. The molecule has 0 saturated carbocycles. The first kappa shape index (κ1) is 23.2. The van der Waals surface area contributed by atoms with Gasteiger partial charge in [-0.15, -0.1) is 13.2 Å². The number of hydrogen-bond acceptors (Lipinski definition) is 9. The molecule has 1 aromatic carbocycles. The zero-order valence-electron chi connectivity index (χ0n) is 17.4. The van der Waals surface area contributed by atoms with Crippen LogP contribution >= 0.6 is 0 Å². The van der Waals surface area contributed by atoms with E-state index in [2.05, 4.69) is 19.7 Å². The Bertz CT molecular complexity index is 1190. The molecule has 2 aromatic heterocycles. The summed E-state index contributed by atoms with van der Waals surface area (Å²) in [6, 6.07) is 3.13. The van der Waals surface area contributed by atoms with Crippen LogP contribution in [0.15, 0.2) is 36.8 Å². The molecule has 0 amide bonds. The summed E-state index contributed by atoms with van der Waals surface area (Å²) in [5.41, 5.74) is 0.820. The number of fused-ring (bicyclic) bond motifs is 1. The number of nitro groups is 1. The smallest absolute Gasteiger partial charge is 0.443 e. The van der Waals surface area contributed by atoms with Gasteiger partial charge in [-0.1, -0.05) is 0 Å². The van der Waals surface area contributed by atoms with Crippen molar-refractivity contribution in [3.63, 3.8) is 0 Å². The standard InChI is InChI=1S/C19H16F4N6O5/c1-27(12-2-3-15(14(20)4-12)34-19(21,22)23)17-24-5-11(6-25-17)9-32-13-7-28-8-16(29(30)31)26-18(28)33-10-13/h2-6,8,13H,7,9-10H2,1H3/t13-/m0/s1. The number of imidazole rings is 1. The van der Waals surface area contributed by atoms with Gasteiger partial charge >= 0.3 is 18.2 Å². The lowest BCUT2D eigenvalue weighted by Crippen LogP contribution is -2.32. The molecule has 1 atom stereocenters. The lowest BCUT2D eigenvalue weighted by Gasteiger charge is -2.22. The molecular formula is C19H16F4N6O5. The maximum absolute atomic E-state index is 14.0. The fourth-order valence-corrected chi connectivity index (χ4v) is 3.09. The molecule has 1 aliphatic rings. The summed E-state index contributed by atoms with van der Waals surface area (Å²) < 4.78 is 67.1. The Hall–Kier alpha value is -4.01. The van der Waals surface area contributed by atoms with Gasteiger partial charge in [0, 0.05) is 41.7 Å². The minimum Gasteiger partial charge on any atom is -0.443 e. The number of benzene rings is 1. The Morgan fingerprint density at radius 2 is 2.06 bits per heavy atom. The van der Waals surface area contributed by atoms with E-state index in [1.165, 1.54) is 41.2 Å². The van der Waals surface area contributed by atoms with Gasteiger partial charge in [-0.25, -0.2) is 14.4 Å². The molecule has 0 radical (unpaired) electrons. The Morgan fingerprint density at radius 3 is 2.71 bits per heavy atom. The summed E-state index contributed by atoms with van der Waals surface area (Å²) in [5.74, 6) is -2.27. The summed E-state index contributed by atoms with van der Waals surface area (Å²) in [6.45, 7) is 0.606. The number of anilines is 2. The number of ether oxygens (including phenoxy) is 3. The quantitative estimate of drug-likeness (QED) is 0.283. The van der Waals surface area contributed by atoms with Crippen molar-refractivity contribution in [2.24, 2.45) is 0 Å². The first-order valence-corrected chi connectivity index (χ1v) is 9.65. The molecule has 4 rings (SSSR count). The van der Waals surface area contributed by atoms with Crippen LogP contribution in [0.1, 0.15) is 5.56 Å². The Labute approximate surface area is 188 Å². The third-order valence-electron chi connectivity index (χ3n) is 4.72. The van der Waals surface area contributed by atoms with Gasteiger partial charge in [-0.2, -0.15) is 0 Å². The fourth-order valence-electron chi connectivity index (χ4n) is 3.09. The summed E-state index contributed by atoms with van der Waals surface area (Å²) >= 11 is 0. The van der Waals surface area contributed by atoms with E-state index in [9.17, 15) is 27.7 Å². The van der Waals surface area contributed by atoms with Crippen LogP contribution in [0.2, 0.25) is 0 Å². The number of hydrogen-bond donors (Lipinski definition) is 0. The minimum absolute atomic E-state index is 0.127. The van der Waals surface area contributed by atoms with Crippen LogP contribution in [0.3, 0.4) is 0 Å². The van der Waals surface area contributed by atoms with E-state index in [1.807, 2.05) is 0 Å². The highest BCUT2D eigenvalue weighted by Crippen LogP contribution is 2.30. The molecule has 180 valence electrons. The van der Waals surface area contributed by atoms with Crippen molar-refractivity contribution in [3.05, 3.63) is 58.3 Å². The van der Waals surface area contributed by atoms with E-state index in [0.29, 0.717) is 12.1 Å². The molecule has 11 nitrogen and oxygen atoms in total. The number of halogens is 4. The first-order valence-electron chi connectivity index (χ1n) is 9.65. The summed E-state index contributed by atoms with van der Waals surface area (Å²) in [4.78, 5) is 23.7. The van der Waals surface area contributed by atoms with Crippen LogP contribution in [-0.4, -0.2) is 50.6 Å². The van der Waals surface area contributed by atoms with Crippen molar-refractivity contribution in [1.29, 1.82) is 0 Å². The Kier molecular flexibility index (Phi) is 6.19. The molecule has 0 N–H and O–H groups in total. The summed E-state index contributed by atoms with van der Waals surface area (Å²) in [7, 11) is 1.52. The lowest BCUT2D eigenvalue weighted by molar-refractivity contribution is -0.389. The van der Waals surface area contributed by atoms with Crippen LogP contribution in [-0.2, 0) is 17.9 Å². The zero-order chi connectivity index (χ0) is 24.5. The van der Waals surface area contributed by atoms with Crippen LogP contribution in [0.5, 0.6) is 11.8 Å². The van der Waals surface area contributed by atoms with Gasteiger partial charge in [-0.05, 0) is 17.1 Å². The molecular weight excluding hydrogens is 468 g/mol. The number of aromatic nitrogens is 4. The van der Waals surface area contributed by atoms with Gasteiger partial charge in [0.1, 0.15) is 18.9 Å². The van der Waals surface area contributed by atoms with Gasteiger partial charge < -0.3 is 29.2 Å². The molecule has 34 heavy (non-hydrogen) atoms. The van der Waals surface area contributed by atoms with Gasteiger partial charge in [0.25, 0.3) is 0 Å². The van der Waals surface area contributed by atoms with Gasteiger partial charge in [-0.3, -0.25) is 4.57 Å². The van der Waals surface area contributed by atoms with Crippen LogP contribution in [0, 0.1) is 15.9 Å². The molecule has 0 spiro atoms. The maximum atomic E-state index is 14.0. The van der Waals surface area contributed by atoms with Crippen LogP contribution in [0.4, 0.5) is 35.0 Å². The van der Waals surface area contributed by atoms with Crippen LogP contribution in [0.25, 0.3) is 0 Å². The molecule has 15 heteroatoms. The predicted molar refractivity (Wildman–Crippen MR) is 106 cm³/mol. The highest BCUT2D eigenvalue weighted by molar-refractivity contribution is 5.57. The van der Waals surface area contributed by atoms with Crippen LogP contribution < -0.4 is 14.4 Å². The zero-order valence-corrected chi connectivity index (χ0v) is 17.4. The van der Waals surface area contributed by atoms with Gasteiger partial charge in [0.05, 0.1) is 13.2 Å². The second-order valence-corrected chi connectivity index (χ2v) is 7.15. The summed E-state index contributed by atoms with van der Waals surface area (Å²) in [5, 5.41) is 10.8. The average Bonchev–Trinajstić information content (AvgIpc) is 3.22. The van der Waals surface area contributed by atoms with Crippen molar-refractivity contribution in [1.82, 2.24) is 19.5 Å². The Morgan fingerprint density at radius 1 is 1.32 bits per heavy atom. The topological polar surface area (TPSA) is 118 Å².